The summed E-state index contributed by atoms with van der Waals surface area (Å²) in [6, 6.07) is 13.2. The fourth-order valence-corrected chi connectivity index (χ4v) is 2.53. The third-order valence-electron chi connectivity index (χ3n) is 3.95. The van der Waals surface area contributed by atoms with Gasteiger partial charge in [-0.15, -0.1) is 24.0 Å². The molecule has 0 saturated heterocycles. The molecule has 1 aliphatic carbocycles. The average molecular weight is 429 g/mol. The molecule has 0 bridgehead atoms. The van der Waals surface area contributed by atoms with Crippen LogP contribution in [-0.2, 0) is 5.41 Å². The summed E-state index contributed by atoms with van der Waals surface area (Å²) < 4.78 is 26.9. The minimum atomic E-state index is -0.564. The Labute approximate surface area is 151 Å². The van der Waals surface area contributed by atoms with Crippen molar-refractivity contribution in [3.05, 3.63) is 65.7 Å². The fourth-order valence-electron chi connectivity index (χ4n) is 2.53. The van der Waals surface area contributed by atoms with Crippen LogP contribution in [0.15, 0.2) is 53.5 Å². The molecule has 0 atom stereocenters. The summed E-state index contributed by atoms with van der Waals surface area (Å²) in [6.45, 7) is 0.390. The Balaban J connectivity index is 0.00000192. The molecule has 3 rings (SSSR count). The van der Waals surface area contributed by atoms with E-state index in [9.17, 15) is 8.78 Å². The maximum atomic E-state index is 13.9. The van der Waals surface area contributed by atoms with Gasteiger partial charge in [0.25, 0.3) is 0 Å². The van der Waals surface area contributed by atoms with Crippen molar-refractivity contribution in [3.63, 3.8) is 0 Å². The Bertz CT molecular complexity index is 700. The lowest BCUT2D eigenvalue weighted by Gasteiger charge is -2.15. The monoisotopic (exact) mass is 429 g/mol. The molecule has 6 heteroatoms. The Hall–Kier alpha value is -1.70. The number of rotatable bonds is 4. The molecule has 0 heterocycles. The number of nitrogens with two attached hydrogens (primary N) is 1. The molecule has 1 saturated carbocycles. The number of nitrogens with one attached hydrogen (secondary N) is 1. The van der Waals surface area contributed by atoms with Crippen LogP contribution in [0, 0.1) is 11.6 Å². The average Bonchev–Trinajstić information content (AvgIpc) is 3.27. The minimum Gasteiger partial charge on any atom is -0.370 e. The van der Waals surface area contributed by atoms with Crippen LogP contribution < -0.4 is 11.1 Å². The summed E-state index contributed by atoms with van der Waals surface area (Å²) >= 11 is 0. The first-order valence-electron chi connectivity index (χ1n) is 7.17. The van der Waals surface area contributed by atoms with Gasteiger partial charge in [0.2, 0.25) is 0 Å². The van der Waals surface area contributed by atoms with E-state index in [0.29, 0.717) is 18.1 Å². The Morgan fingerprint density at radius 1 is 1.13 bits per heavy atom. The Morgan fingerprint density at radius 2 is 1.83 bits per heavy atom. The SMILES string of the molecule is I.NC(=NCC1(c2ccc(F)cc2F)CC1)Nc1ccccc1. The van der Waals surface area contributed by atoms with E-state index in [1.54, 1.807) is 0 Å². The fraction of sp³-hybridized carbons (Fsp3) is 0.235. The van der Waals surface area contributed by atoms with Crippen LogP contribution in [0.5, 0.6) is 0 Å². The maximum Gasteiger partial charge on any atom is 0.193 e. The van der Waals surface area contributed by atoms with Gasteiger partial charge in [0, 0.05) is 17.2 Å². The van der Waals surface area contributed by atoms with Crippen LogP contribution in [0.1, 0.15) is 18.4 Å². The number of aliphatic imine (C=N–C) groups is 1. The van der Waals surface area contributed by atoms with E-state index in [1.165, 1.54) is 12.1 Å². The molecule has 1 aliphatic rings. The summed E-state index contributed by atoms with van der Waals surface area (Å²) in [5.41, 5.74) is 6.89. The smallest absolute Gasteiger partial charge is 0.193 e. The first-order chi connectivity index (χ1) is 10.6. The summed E-state index contributed by atoms with van der Waals surface area (Å²) in [6.07, 6.45) is 1.66. The number of benzene rings is 2. The van der Waals surface area contributed by atoms with Gasteiger partial charge in [-0.25, -0.2) is 8.78 Å². The van der Waals surface area contributed by atoms with E-state index in [1.807, 2.05) is 30.3 Å². The van der Waals surface area contributed by atoms with E-state index in [2.05, 4.69) is 10.3 Å². The second-order valence-corrected chi connectivity index (χ2v) is 5.60. The van der Waals surface area contributed by atoms with Gasteiger partial charge in [0.05, 0.1) is 6.54 Å². The minimum absolute atomic E-state index is 0. The van der Waals surface area contributed by atoms with Gasteiger partial charge in [0.15, 0.2) is 5.96 Å². The predicted molar refractivity (Wildman–Crippen MR) is 99.2 cm³/mol. The largest absolute Gasteiger partial charge is 0.370 e. The van der Waals surface area contributed by atoms with Crippen LogP contribution in [-0.4, -0.2) is 12.5 Å². The molecule has 0 aromatic heterocycles. The predicted octanol–water partition coefficient (Wildman–Crippen LogP) is 4.04. The number of guanidine groups is 1. The molecule has 1 fully saturated rings. The molecule has 0 radical (unpaired) electrons. The lowest BCUT2D eigenvalue weighted by atomic mass is 9.95. The standard InChI is InChI=1S/C17H17F2N3.HI/c18-12-6-7-14(15(19)10-12)17(8-9-17)11-21-16(20)22-13-4-2-1-3-5-13;/h1-7,10H,8-9,11H2,(H3,20,21,22);1H. The highest BCUT2D eigenvalue weighted by atomic mass is 127. The third kappa shape index (κ3) is 4.19. The first kappa shape index (κ1) is 17.7. The quantitative estimate of drug-likeness (QED) is 0.438. The van der Waals surface area contributed by atoms with Crippen LogP contribution in [0.3, 0.4) is 0 Å². The van der Waals surface area contributed by atoms with Crippen LogP contribution >= 0.6 is 24.0 Å². The molecule has 2 aromatic carbocycles. The second kappa shape index (κ2) is 7.25. The van der Waals surface area contributed by atoms with E-state index in [0.717, 1.165) is 24.6 Å². The Morgan fingerprint density at radius 3 is 2.43 bits per heavy atom. The third-order valence-corrected chi connectivity index (χ3v) is 3.95. The number of hydrogen-bond donors (Lipinski definition) is 2. The van der Waals surface area contributed by atoms with Gasteiger partial charge in [0.1, 0.15) is 11.6 Å². The van der Waals surface area contributed by atoms with Gasteiger partial charge in [-0.2, -0.15) is 0 Å². The lowest BCUT2D eigenvalue weighted by Crippen LogP contribution is -2.25. The van der Waals surface area contributed by atoms with Gasteiger partial charge in [-0.05, 0) is 36.6 Å². The van der Waals surface area contributed by atoms with E-state index in [-0.39, 0.29) is 29.4 Å². The zero-order valence-corrected chi connectivity index (χ0v) is 14.8. The molecule has 3 N–H and O–H groups in total. The van der Waals surface area contributed by atoms with Gasteiger partial charge >= 0.3 is 0 Å². The number of anilines is 1. The second-order valence-electron chi connectivity index (χ2n) is 5.60. The summed E-state index contributed by atoms with van der Waals surface area (Å²) in [4.78, 5) is 4.32. The molecule has 0 amide bonds. The highest BCUT2D eigenvalue weighted by Crippen LogP contribution is 2.49. The van der Waals surface area contributed by atoms with Gasteiger partial charge in [-0.1, -0.05) is 24.3 Å². The van der Waals surface area contributed by atoms with Crippen molar-refractivity contribution in [2.24, 2.45) is 10.7 Å². The molecule has 0 unspecified atom stereocenters. The van der Waals surface area contributed by atoms with E-state index in [4.69, 9.17) is 5.73 Å². The van der Waals surface area contributed by atoms with Crippen molar-refractivity contribution < 1.29 is 8.78 Å². The van der Waals surface area contributed by atoms with Crippen molar-refractivity contribution in [1.29, 1.82) is 0 Å². The number of halogens is 3. The zero-order chi connectivity index (χ0) is 15.6. The van der Waals surface area contributed by atoms with E-state index >= 15 is 0 Å². The molecule has 0 aliphatic heterocycles. The molecule has 23 heavy (non-hydrogen) atoms. The molecule has 0 spiro atoms. The van der Waals surface area contributed by atoms with Crippen molar-refractivity contribution in [3.8, 4) is 0 Å². The van der Waals surface area contributed by atoms with Gasteiger partial charge < -0.3 is 11.1 Å². The molecular formula is C17H18F2IN3. The lowest BCUT2D eigenvalue weighted by molar-refractivity contribution is 0.549. The number of nitrogens with zero attached hydrogens (tertiary/aromatic N) is 1. The van der Waals surface area contributed by atoms with Crippen LogP contribution in [0.2, 0.25) is 0 Å². The van der Waals surface area contributed by atoms with Crippen LogP contribution in [0.4, 0.5) is 14.5 Å². The van der Waals surface area contributed by atoms with Crippen molar-refractivity contribution in [2.75, 3.05) is 11.9 Å². The number of hydrogen-bond acceptors (Lipinski definition) is 1. The zero-order valence-electron chi connectivity index (χ0n) is 12.4. The molecule has 122 valence electrons. The summed E-state index contributed by atoms with van der Waals surface area (Å²) in [5.74, 6) is -0.784. The van der Waals surface area contributed by atoms with Crippen molar-refractivity contribution >= 4 is 35.6 Å². The number of para-hydroxylation sites is 1. The van der Waals surface area contributed by atoms with Gasteiger partial charge in [-0.3, -0.25) is 4.99 Å². The van der Waals surface area contributed by atoms with Crippen molar-refractivity contribution in [1.82, 2.24) is 0 Å². The summed E-state index contributed by atoms with van der Waals surface area (Å²) in [5, 5.41) is 2.99. The molecule has 3 nitrogen and oxygen atoms in total. The molecule has 2 aromatic rings. The molecular weight excluding hydrogens is 411 g/mol. The highest BCUT2D eigenvalue weighted by molar-refractivity contribution is 14.0. The maximum absolute atomic E-state index is 13.9. The van der Waals surface area contributed by atoms with E-state index < -0.39 is 11.6 Å². The van der Waals surface area contributed by atoms with Crippen LogP contribution in [0.25, 0.3) is 0 Å². The Kier molecular flexibility index (Phi) is 5.56. The normalized spacial score (nSPS) is 15.7. The summed E-state index contributed by atoms with van der Waals surface area (Å²) in [7, 11) is 0. The highest BCUT2D eigenvalue weighted by Gasteiger charge is 2.46. The topological polar surface area (TPSA) is 50.4 Å². The van der Waals surface area contributed by atoms with Crippen molar-refractivity contribution in [2.45, 2.75) is 18.3 Å². The first-order valence-corrected chi connectivity index (χ1v) is 7.17.